The van der Waals surface area contributed by atoms with Crippen LogP contribution < -0.4 is 0 Å². The molecule has 2 nitrogen and oxygen atoms in total. The molecule has 0 bridgehead atoms. The van der Waals surface area contributed by atoms with Crippen LogP contribution in [-0.2, 0) is 0 Å². The Morgan fingerprint density at radius 1 is 1.43 bits per heavy atom. The summed E-state index contributed by atoms with van der Waals surface area (Å²) in [7, 11) is 2.11. The molecule has 0 radical (unpaired) electrons. The highest BCUT2D eigenvalue weighted by molar-refractivity contribution is 6.32. The molecule has 1 atom stereocenters. The largest absolute Gasteiger partial charge is 0.299 e. The average Bonchev–Trinajstić information content (AvgIpc) is 2.52. The van der Waals surface area contributed by atoms with Crippen LogP contribution in [0.1, 0.15) is 24.4 Å². The zero-order valence-corrected chi connectivity index (χ0v) is 9.52. The van der Waals surface area contributed by atoms with Crippen molar-refractivity contribution in [2.45, 2.75) is 18.9 Å². The molecule has 0 saturated carbocycles. The second-order valence-electron chi connectivity index (χ2n) is 3.65. The lowest BCUT2D eigenvalue weighted by Crippen LogP contribution is -2.17. The first-order valence-corrected chi connectivity index (χ1v) is 5.46. The quantitative estimate of drug-likeness (QED) is 0.690. The maximum absolute atomic E-state index is 6.05. The molecule has 2 heterocycles. The molecule has 0 aromatic carbocycles. The van der Waals surface area contributed by atoms with Gasteiger partial charge in [0.2, 0.25) is 0 Å². The third-order valence-corrected chi connectivity index (χ3v) is 3.24. The lowest BCUT2D eigenvalue weighted by atomic mass is 10.1. The molecule has 1 aliphatic rings. The zero-order valence-electron chi connectivity index (χ0n) is 8.00. The van der Waals surface area contributed by atoms with E-state index in [0.717, 1.165) is 18.5 Å². The van der Waals surface area contributed by atoms with E-state index < -0.39 is 0 Å². The third kappa shape index (κ3) is 1.88. The lowest BCUT2D eigenvalue weighted by molar-refractivity contribution is 0.317. The number of halogens is 2. The van der Waals surface area contributed by atoms with Gasteiger partial charge in [0, 0.05) is 11.6 Å². The maximum Gasteiger partial charge on any atom is 0.135 e. The Morgan fingerprint density at radius 3 is 2.79 bits per heavy atom. The van der Waals surface area contributed by atoms with Gasteiger partial charge in [-0.05, 0) is 32.5 Å². The van der Waals surface area contributed by atoms with Gasteiger partial charge in [-0.1, -0.05) is 29.3 Å². The second kappa shape index (κ2) is 4.05. The SMILES string of the molecule is CN1CCCC1c1ccc(Cl)nc1Cl. The first kappa shape index (κ1) is 10.2. The summed E-state index contributed by atoms with van der Waals surface area (Å²) < 4.78 is 0. The van der Waals surface area contributed by atoms with Gasteiger partial charge in [-0.15, -0.1) is 0 Å². The van der Waals surface area contributed by atoms with E-state index in [1.54, 1.807) is 6.07 Å². The highest BCUT2D eigenvalue weighted by Crippen LogP contribution is 2.34. The molecule has 14 heavy (non-hydrogen) atoms. The fourth-order valence-electron chi connectivity index (χ4n) is 1.97. The highest BCUT2D eigenvalue weighted by atomic mass is 35.5. The summed E-state index contributed by atoms with van der Waals surface area (Å²) in [6.07, 6.45) is 2.37. The summed E-state index contributed by atoms with van der Waals surface area (Å²) in [6.45, 7) is 1.13. The van der Waals surface area contributed by atoms with Crippen LogP contribution in [0.3, 0.4) is 0 Å². The van der Waals surface area contributed by atoms with Gasteiger partial charge in [0.15, 0.2) is 0 Å². The molecule has 0 aliphatic carbocycles. The molecule has 0 amide bonds. The Labute approximate surface area is 93.8 Å². The van der Waals surface area contributed by atoms with E-state index in [1.165, 1.54) is 6.42 Å². The lowest BCUT2D eigenvalue weighted by Gasteiger charge is -2.20. The maximum atomic E-state index is 6.05. The first-order valence-electron chi connectivity index (χ1n) is 4.70. The molecule has 1 aromatic rings. The molecular weight excluding hydrogens is 219 g/mol. The Kier molecular flexibility index (Phi) is 2.96. The molecule has 1 aromatic heterocycles. The number of hydrogen-bond acceptors (Lipinski definition) is 2. The Balaban J connectivity index is 2.31. The first-order chi connectivity index (χ1) is 6.68. The predicted molar refractivity (Wildman–Crippen MR) is 58.9 cm³/mol. The normalized spacial score (nSPS) is 22.9. The number of likely N-dealkylation sites (tertiary alicyclic amines) is 1. The minimum Gasteiger partial charge on any atom is -0.299 e. The van der Waals surface area contributed by atoms with E-state index in [1.807, 2.05) is 6.07 Å². The van der Waals surface area contributed by atoms with Gasteiger partial charge in [-0.3, -0.25) is 4.90 Å². The summed E-state index contributed by atoms with van der Waals surface area (Å²) in [5.74, 6) is 0. The molecule has 0 spiro atoms. The molecule has 1 saturated heterocycles. The molecule has 2 rings (SSSR count). The van der Waals surface area contributed by atoms with Crippen LogP contribution in [0.15, 0.2) is 12.1 Å². The molecule has 4 heteroatoms. The van der Waals surface area contributed by atoms with Gasteiger partial charge in [-0.25, -0.2) is 4.98 Å². The topological polar surface area (TPSA) is 16.1 Å². The van der Waals surface area contributed by atoms with E-state index >= 15 is 0 Å². The van der Waals surface area contributed by atoms with Crippen molar-refractivity contribution < 1.29 is 0 Å². The van der Waals surface area contributed by atoms with Gasteiger partial charge in [-0.2, -0.15) is 0 Å². The minimum absolute atomic E-state index is 0.410. The van der Waals surface area contributed by atoms with Crippen LogP contribution >= 0.6 is 23.2 Å². The predicted octanol–water partition coefficient (Wildman–Crippen LogP) is 3.16. The van der Waals surface area contributed by atoms with Crippen molar-refractivity contribution >= 4 is 23.2 Å². The van der Waals surface area contributed by atoms with Gasteiger partial charge in [0.1, 0.15) is 10.3 Å². The summed E-state index contributed by atoms with van der Waals surface area (Å²) in [5, 5.41) is 0.996. The van der Waals surface area contributed by atoms with Gasteiger partial charge in [0.25, 0.3) is 0 Å². The summed E-state index contributed by atoms with van der Waals surface area (Å²) >= 11 is 11.8. The van der Waals surface area contributed by atoms with E-state index in [9.17, 15) is 0 Å². The number of aromatic nitrogens is 1. The fourth-order valence-corrected chi connectivity index (χ4v) is 2.45. The number of rotatable bonds is 1. The Bertz CT molecular complexity index is 341. The van der Waals surface area contributed by atoms with Gasteiger partial charge in [0.05, 0.1) is 0 Å². The molecule has 1 unspecified atom stereocenters. The molecular formula is C10H12Cl2N2. The van der Waals surface area contributed by atoms with Crippen molar-refractivity contribution in [3.63, 3.8) is 0 Å². The van der Waals surface area contributed by atoms with E-state index in [2.05, 4.69) is 16.9 Å². The van der Waals surface area contributed by atoms with E-state index in [-0.39, 0.29) is 0 Å². The third-order valence-electron chi connectivity index (χ3n) is 2.72. The summed E-state index contributed by atoms with van der Waals surface area (Å²) in [6, 6.07) is 4.19. The number of hydrogen-bond donors (Lipinski definition) is 0. The summed E-state index contributed by atoms with van der Waals surface area (Å²) in [4.78, 5) is 6.36. The average molecular weight is 231 g/mol. The van der Waals surface area contributed by atoms with Crippen LogP contribution in [0.4, 0.5) is 0 Å². The summed E-state index contributed by atoms with van der Waals surface area (Å²) in [5.41, 5.74) is 1.09. The molecule has 1 aliphatic heterocycles. The van der Waals surface area contributed by atoms with Gasteiger partial charge >= 0.3 is 0 Å². The van der Waals surface area contributed by atoms with Gasteiger partial charge < -0.3 is 0 Å². The van der Waals surface area contributed by atoms with Crippen molar-refractivity contribution in [2.24, 2.45) is 0 Å². The number of pyridine rings is 1. The van der Waals surface area contributed by atoms with Crippen LogP contribution in [0.25, 0.3) is 0 Å². The fraction of sp³-hybridized carbons (Fsp3) is 0.500. The number of nitrogens with zero attached hydrogens (tertiary/aromatic N) is 2. The van der Waals surface area contributed by atoms with Crippen molar-refractivity contribution in [1.82, 2.24) is 9.88 Å². The Morgan fingerprint density at radius 2 is 2.21 bits per heavy atom. The zero-order chi connectivity index (χ0) is 10.1. The van der Waals surface area contributed by atoms with E-state index in [4.69, 9.17) is 23.2 Å². The Hall–Kier alpha value is -0.310. The van der Waals surface area contributed by atoms with Crippen LogP contribution in [0.5, 0.6) is 0 Å². The smallest absolute Gasteiger partial charge is 0.135 e. The van der Waals surface area contributed by atoms with Crippen LogP contribution in [0, 0.1) is 0 Å². The minimum atomic E-state index is 0.410. The van der Waals surface area contributed by atoms with Crippen molar-refractivity contribution in [1.29, 1.82) is 0 Å². The van der Waals surface area contributed by atoms with Crippen molar-refractivity contribution in [2.75, 3.05) is 13.6 Å². The second-order valence-corrected chi connectivity index (χ2v) is 4.40. The van der Waals surface area contributed by atoms with Crippen molar-refractivity contribution in [3.05, 3.63) is 28.0 Å². The van der Waals surface area contributed by atoms with Crippen molar-refractivity contribution in [3.8, 4) is 0 Å². The molecule has 0 N–H and O–H groups in total. The van der Waals surface area contributed by atoms with E-state index in [0.29, 0.717) is 16.3 Å². The monoisotopic (exact) mass is 230 g/mol. The van der Waals surface area contributed by atoms with Crippen LogP contribution in [0.2, 0.25) is 10.3 Å². The highest BCUT2D eigenvalue weighted by Gasteiger charge is 2.24. The van der Waals surface area contributed by atoms with Crippen LogP contribution in [-0.4, -0.2) is 23.5 Å². The standard InChI is InChI=1S/C10H12Cl2N2/c1-14-6-2-3-8(14)7-4-5-9(11)13-10(7)12/h4-5,8H,2-3,6H2,1H3. The molecule has 76 valence electrons. The molecule has 1 fully saturated rings.